The molecule has 0 heterocycles. The van der Waals surface area contributed by atoms with Gasteiger partial charge < -0.3 is 10.1 Å². The molecule has 3 nitrogen and oxygen atoms in total. The monoisotopic (exact) mass is 259 g/mol. The zero-order valence-corrected chi connectivity index (χ0v) is 10.7. The Morgan fingerprint density at radius 3 is 2.63 bits per heavy atom. The highest BCUT2D eigenvalue weighted by molar-refractivity contribution is 5.69. The Kier molecular flexibility index (Phi) is 3.80. The van der Waals surface area contributed by atoms with E-state index in [2.05, 4.69) is 5.32 Å². The first-order chi connectivity index (χ1) is 9.10. The number of hydrogen-bond donors (Lipinski definition) is 1. The van der Waals surface area contributed by atoms with Gasteiger partial charge in [0.2, 0.25) is 0 Å². The maximum atomic E-state index is 13.2. The maximum Gasteiger partial charge on any atom is 0.298 e. The molecule has 4 heteroatoms. The second-order valence-corrected chi connectivity index (χ2v) is 4.30. The predicted molar refractivity (Wildman–Crippen MR) is 72.3 cm³/mol. The van der Waals surface area contributed by atoms with Gasteiger partial charge in [0.15, 0.2) is 5.75 Å². The average molecular weight is 259 g/mol. The number of nitrogens with one attached hydrogen (secondary N) is 1. The van der Waals surface area contributed by atoms with Gasteiger partial charge in [-0.1, -0.05) is 6.07 Å². The van der Waals surface area contributed by atoms with Crippen LogP contribution in [0.3, 0.4) is 0 Å². The summed E-state index contributed by atoms with van der Waals surface area (Å²) in [7, 11) is 0. The van der Waals surface area contributed by atoms with Crippen molar-refractivity contribution in [1.82, 2.24) is 0 Å². The van der Waals surface area contributed by atoms with Crippen molar-refractivity contribution in [2.45, 2.75) is 13.8 Å². The minimum Gasteiger partial charge on any atom is -0.427 e. The molecule has 0 amide bonds. The fourth-order valence-electron chi connectivity index (χ4n) is 1.76. The molecular formula is C15H14FNO2. The summed E-state index contributed by atoms with van der Waals surface area (Å²) in [6.07, 6.45) is 0. The molecule has 0 saturated carbocycles. The Morgan fingerprint density at radius 2 is 1.95 bits per heavy atom. The average Bonchev–Trinajstić information content (AvgIpc) is 2.37. The SMILES string of the molecule is Cc1ccc(Nc2ccc(F)c(C)c2)c(OC=O)c1. The number of anilines is 2. The van der Waals surface area contributed by atoms with Crippen molar-refractivity contribution in [2.75, 3.05) is 5.32 Å². The third-order valence-electron chi connectivity index (χ3n) is 2.75. The molecule has 2 rings (SSSR count). The highest BCUT2D eigenvalue weighted by atomic mass is 19.1. The van der Waals surface area contributed by atoms with E-state index in [0.717, 1.165) is 11.3 Å². The molecule has 0 spiro atoms. The van der Waals surface area contributed by atoms with Gasteiger partial charge in [0, 0.05) is 5.69 Å². The minimum atomic E-state index is -0.251. The van der Waals surface area contributed by atoms with Crippen LogP contribution in [0, 0.1) is 19.7 Å². The number of aryl methyl sites for hydroxylation is 2. The van der Waals surface area contributed by atoms with Crippen LogP contribution in [-0.4, -0.2) is 6.47 Å². The molecule has 0 aliphatic carbocycles. The molecule has 0 aliphatic rings. The number of benzene rings is 2. The molecule has 0 fully saturated rings. The molecule has 2 aromatic rings. The first-order valence-electron chi connectivity index (χ1n) is 5.84. The summed E-state index contributed by atoms with van der Waals surface area (Å²) in [5, 5.41) is 3.10. The zero-order chi connectivity index (χ0) is 13.8. The smallest absolute Gasteiger partial charge is 0.298 e. The summed E-state index contributed by atoms with van der Waals surface area (Å²) < 4.78 is 18.1. The highest BCUT2D eigenvalue weighted by Crippen LogP contribution is 2.29. The third-order valence-corrected chi connectivity index (χ3v) is 2.75. The lowest BCUT2D eigenvalue weighted by atomic mass is 10.1. The van der Waals surface area contributed by atoms with Crippen molar-refractivity contribution < 1.29 is 13.9 Å². The van der Waals surface area contributed by atoms with Crippen molar-refractivity contribution in [1.29, 1.82) is 0 Å². The van der Waals surface area contributed by atoms with Crippen LogP contribution >= 0.6 is 0 Å². The second kappa shape index (κ2) is 5.52. The molecule has 0 unspecified atom stereocenters. The van der Waals surface area contributed by atoms with Gasteiger partial charge in [0.05, 0.1) is 5.69 Å². The first kappa shape index (κ1) is 13.1. The Bertz CT molecular complexity index is 611. The van der Waals surface area contributed by atoms with Gasteiger partial charge in [0.25, 0.3) is 6.47 Å². The summed E-state index contributed by atoms with van der Waals surface area (Å²) >= 11 is 0. The van der Waals surface area contributed by atoms with E-state index >= 15 is 0 Å². The maximum absolute atomic E-state index is 13.2. The van der Waals surface area contributed by atoms with E-state index in [-0.39, 0.29) is 5.82 Å². The summed E-state index contributed by atoms with van der Waals surface area (Å²) in [6.45, 7) is 3.98. The molecular weight excluding hydrogens is 245 g/mol. The van der Waals surface area contributed by atoms with Crippen LogP contribution in [0.4, 0.5) is 15.8 Å². The molecule has 98 valence electrons. The Morgan fingerprint density at radius 1 is 1.16 bits per heavy atom. The standard InChI is InChI=1S/C15H14FNO2/c1-10-3-6-14(15(7-10)19-9-18)17-12-4-5-13(16)11(2)8-12/h3-9,17H,1-2H3. The van der Waals surface area contributed by atoms with Crippen LogP contribution < -0.4 is 10.1 Å². The number of rotatable bonds is 4. The van der Waals surface area contributed by atoms with Crippen LogP contribution in [-0.2, 0) is 4.79 Å². The molecule has 1 N–H and O–H groups in total. The van der Waals surface area contributed by atoms with E-state index in [4.69, 9.17) is 4.74 Å². The second-order valence-electron chi connectivity index (χ2n) is 4.30. The van der Waals surface area contributed by atoms with Gasteiger partial charge >= 0.3 is 0 Å². The van der Waals surface area contributed by atoms with Crippen molar-refractivity contribution >= 4 is 17.8 Å². The van der Waals surface area contributed by atoms with E-state index in [0.29, 0.717) is 23.5 Å². The molecule has 0 bridgehead atoms. The zero-order valence-electron chi connectivity index (χ0n) is 10.7. The molecule has 0 radical (unpaired) electrons. The summed E-state index contributed by atoms with van der Waals surface area (Å²) in [5.41, 5.74) is 2.93. The Hall–Kier alpha value is -2.36. The lowest BCUT2D eigenvalue weighted by molar-refractivity contribution is -0.120. The van der Waals surface area contributed by atoms with Gasteiger partial charge in [-0.2, -0.15) is 0 Å². The van der Waals surface area contributed by atoms with Crippen LogP contribution in [0.5, 0.6) is 5.75 Å². The lowest BCUT2D eigenvalue weighted by Crippen LogP contribution is -1.97. The van der Waals surface area contributed by atoms with Crippen LogP contribution in [0.25, 0.3) is 0 Å². The number of carbonyl (C=O) groups is 1. The van der Waals surface area contributed by atoms with Crippen molar-refractivity contribution in [2.24, 2.45) is 0 Å². The summed E-state index contributed by atoms with van der Waals surface area (Å²) in [5.74, 6) is 0.191. The van der Waals surface area contributed by atoms with Crippen molar-refractivity contribution in [3.05, 3.63) is 53.3 Å². The molecule has 19 heavy (non-hydrogen) atoms. The summed E-state index contributed by atoms with van der Waals surface area (Å²) in [6, 6.07) is 10.2. The van der Waals surface area contributed by atoms with Gasteiger partial charge in [-0.15, -0.1) is 0 Å². The van der Waals surface area contributed by atoms with Crippen LogP contribution in [0.2, 0.25) is 0 Å². The van der Waals surface area contributed by atoms with Gasteiger partial charge in [-0.3, -0.25) is 4.79 Å². The van der Waals surface area contributed by atoms with E-state index in [9.17, 15) is 9.18 Å². The molecule has 0 aliphatic heterocycles. The van der Waals surface area contributed by atoms with Gasteiger partial charge in [0.1, 0.15) is 5.82 Å². The number of halogens is 1. The first-order valence-corrected chi connectivity index (χ1v) is 5.84. The molecule has 0 saturated heterocycles. The quantitative estimate of drug-likeness (QED) is 0.850. The van der Waals surface area contributed by atoms with Crippen LogP contribution in [0.15, 0.2) is 36.4 Å². The predicted octanol–water partition coefficient (Wildman–Crippen LogP) is 3.72. The molecule has 0 atom stereocenters. The van der Waals surface area contributed by atoms with E-state index in [1.165, 1.54) is 6.07 Å². The largest absolute Gasteiger partial charge is 0.427 e. The number of carbonyl (C=O) groups excluding carboxylic acids is 1. The number of hydrogen-bond acceptors (Lipinski definition) is 3. The lowest BCUT2D eigenvalue weighted by Gasteiger charge is -2.11. The van der Waals surface area contributed by atoms with Crippen molar-refractivity contribution in [3.8, 4) is 5.75 Å². The Labute approximate surface area is 111 Å². The minimum absolute atomic E-state index is 0.251. The molecule has 0 aromatic heterocycles. The van der Waals surface area contributed by atoms with Gasteiger partial charge in [-0.25, -0.2) is 4.39 Å². The fraction of sp³-hybridized carbons (Fsp3) is 0.133. The fourth-order valence-corrected chi connectivity index (χ4v) is 1.76. The number of ether oxygens (including phenoxy) is 1. The molecule has 2 aromatic carbocycles. The van der Waals surface area contributed by atoms with Crippen molar-refractivity contribution in [3.63, 3.8) is 0 Å². The van der Waals surface area contributed by atoms with E-state index in [1.54, 1.807) is 25.1 Å². The Balaban J connectivity index is 2.31. The third kappa shape index (κ3) is 3.10. The van der Waals surface area contributed by atoms with E-state index < -0.39 is 0 Å². The van der Waals surface area contributed by atoms with Gasteiger partial charge in [-0.05, 0) is 55.3 Å². The van der Waals surface area contributed by atoms with Crippen LogP contribution in [0.1, 0.15) is 11.1 Å². The summed E-state index contributed by atoms with van der Waals surface area (Å²) in [4.78, 5) is 10.5. The topological polar surface area (TPSA) is 38.3 Å². The van der Waals surface area contributed by atoms with E-state index in [1.807, 2.05) is 19.1 Å². The normalized spacial score (nSPS) is 10.1. The highest BCUT2D eigenvalue weighted by Gasteiger charge is 2.06.